The molecule has 0 bridgehead atoms. The Morgan fingerprint density at radius 1 is 0.935 bits per heavy atom. The first-order chi connectivity index (χ1) is 15.0. The van der Waals surface area contributed by atoms with E-state index < -0.39 is 0 Å². The van der Waals surface area contributed by atoms with Crippen molar-refractivity contribution in [1.82, 2.24) is 10.2 Å². The smallest absolute Gasteiger partial charge is 0.260 e. The average molecular weight is 425 g/mol. The molecule has 0 radical (unpaired) electrons. The highest BCUT2D eigenvalue weighted by atomic mass is 16.5. The Balaban J connectivity index is 1.34. The maximum absolute atomic E-state index is 12.4. The molecule has 0 saturated carbocycles. The van der Waals surface area contributed by atoms with Crippen LogP contribution in [0.5, 0.6) is 11.5 Å². The van der Waals surface area contributed by atoms with Gasteiger partial charge in [-0.05, 0) is 56.0 Å². The number of hydrogen-bond acceptors (Lipinski definition) is 4. The number of carbonyl (C=O) groups is 2. The van der Waals surface area contributed by atoms with Crippen LogP contribution in [0, 0.1) is 6.92 Å². The van der Waals surface area contributed by atoms with E-state index in [4.69, 9.17) is 9.47 Å². The van der Waals surface area contributed by atoms with Crippen LogP contribution in [-0.4, -0.2) is 49.1 Å². The topological polar surface area (TPSA) is 67.9 Å². The lowest BCUT2D eigenvalue weighted by atomic mass is 10.1. The molecule has 2 amide bonds. The zero-order valence-corrected chi connectivity index (χ0v) is 18.4. The van der Waals surface area contributed by atoms with Gasteiger partial charge in [-0.2, -0.15) is 0 Å². The molecule has 0 atom stereocenters. The van der Waals surface area contributed by atoms with Gasteiger partial charge in [-0.3, -0.25) is 9.59 Å². The van der Waals surface area contributed by atoms with Gasteiger partial charge in [0.05, 0.1) is 0 Å². The minimum Gasteiger partial charge on any atom is -0.484 e. The van der Waals surface area contributed by atoms with E-state index in [0.717, 1.165) is 31.2 Å². The highest BCUT2D eigenvalue weighted by molar-refractivity contribution is 5.79. The first kappa shape index (κ1) is 22.7. The van der Waals surface area contributed by atoms with Gasteiger partial charge in [-0.25, -0.2) is 0 Å². The first-order valence-corrected chi connectivity index (χ1v) is 11.0. The maximum Gasteiger partial charge on any atom is 0.260 e. The molecule has 2 aromatic rings. The molecule has 3 rings (SSSR count). The van der Waals surface area contributed by atoms with Gasteiger partial charge >= 0.3 is 0 Å². The number of aryl methyl sites for hydroxylation is 2. The summed E-state index contributed by atoms with van der Waals surface area (Å²) in [5.74, 6) is 1.23. The second-order valence-corrected chi connectivity index (χ2v) is 8.01. The molecule has 6 heteroatoms. The lowest BCUT2D eigenvalue weighted by molar-refractivity contribution is -0.134. The van der Waals surface area contributed by atoms with Crippen LogP contribution in [0.2, 0.25) is 0 Å². The van der Waals surface area contributed by atoms with Gasteiger partial charge in [0, 0.05) is 19.1 Å². The van der Waals surface area contributed by atoms with E-state index in [-0.39, 0.29) is 31.1 Å². The number of piperidine rings is 1. The molecule has 1 N–H and O–H groups in total. The van der Waals surface area contributed by atoms with Crippen molar-refractivity contribution in [2.45, 2.75) is 45.6 Å². The van der Waals surface area contributed by atoms with E-state index in [0.29, 0.717) is 24.6 Å². The second-order valence-electron chi connectivity index (χ2n) is 8.01. The SMILES string of the molecule is CCCc1ccc(OCC(=O)N2CCC(NC(=O)COc3ccc(C)cc3)CC2)cc1. The van der Waals surface area contributed by atoms with Crippen LogP contribution in [0.1, 0.15) is 37.3 Å². The summed E-state index contributed by atoms with van der Waals surface area (Å²) in [5.41, 5.74) is 2.42. The lowest BCUT2D eigenvalue weighted by Gasteiger charge is -2.32. The fourth-order valence-electron chi connectivity index (χ4n) is 3.60. The van der Waals surface area contributed by atoms with Gasteiger partial charge in [-0.1, -0.05) is 43.2 Å². The predicted octanol–water partition coefficient (Wildman–Crippen LogP) is 3.51. The number of ether oxygens (including phenoxy) is 2. The van der Waals surface area contributed by atoms with E-state index in [9.17, 15) is 9.59 Å². The standard InChI is InChI=1S/C25H32N2O4/c1-3-4-20-7-11-23(12-8-20)31-18-25(29)27-15-13-21(14-16-27)26-24(28)17-30-22-9-5-19(2)6-10-22/h5-12,21H,3-4,13-18H2,1-2H3,(H,26,28). The predicted molar refractivity (Wildman–Crippen MR) is 120 cm³/mol. The molecule has 166 valence electrons. The zero-order chi connectivity index (χ0) is 22.1. The monoisotopic (exact) mass is 424 g/mol. The molecule has 0 spiro atoms. The fraction of sp³-hybridized carbons (Fsp3) is 0.440. The molecule has 1 fully saturated rings. The van der Waals surface area contributed by atoms with E-state index in [1.54, 1.807) is 4.90 Å². The lowest BCUT2D eigenvalue weighted by Crippen LogP contribution is -2.48. The molecule has 1 aliphatic rings. The van der Waals surface area contributed by atoms with Crippen molar-refractivity contribution in [3.05, 3.63) is 59.7 Å². The van der Waals surface area contributed by atoms with Crippen LogP contribution < -0.4 is 14.8 Å². The summed E-state index contributed by atoms with van der Waals surface area (Å²) >= 11 is 0. The highest BCUT2D eigenvalue weighted by Gasteiger charge is 2.24. The molecule has 31 heavy (non-hydrogen) atoms. The van der Waals surface area contributed by atoms with Crippen LogP contribution in [0.4, 0.5) is 0 Å². The van der Waals surface area contributed by atoms with Gasteiger partial charge in [-0.15, -0.1) is 0 Å². The van der Waals surface area contributed by atoms with Crippen molar-refractivity contribution in [3.8, 4) is 11.5 Å². The van der Waals surface area contributed by atoms with Crippen LogP contribution >= 0.6 is 0 Å². The Kier molecular flexibility index (Phi) is 8.33. The van der Waals surface area contributed by atoms with E-state index in [1.165, 1.54) is 5.56 Å². The van der Waals surface area contributed by atoms with Crippen molar-refractivity contribution in [2.24, 2.45) is 0 Å². The van der Waals surface area contributed by atoms with E-state index >= 15 is 0 Å². The summed E-state index contributed by atoms with van der Waals surface area (Å²) in [6.07, 6.45) is 3.61. The normalized spacial score (nSPS) is 14.2. The molecular weight excluding hydrogens is 392 g/mol. The largest absolute Gasteiger partial charge is 0.484 e. The molecule has 2 aromatic carbocycles. The number of carbonyl (C=O) groups excluding carboxylic acids is 2. The Bertz CT molecular complexity index is 841. The Morgan fingerprint density at radius 2 is 1.52 bits per heavy atom. The average Bonchev–Trinajstić information content (AvgIpc) is 2.79. The highest BCUT2D eigenvalue weighted by Crippen LogP contribution is 2.15. The van der Waals surface area contributed by atoms with Crippen LogP contribution in [-0.2, 0) is 16.0 Å². The Hall–Kier alpha value is -3.02. The molecule has 1 aliphatic heterocycles. The van der Waals surface area contributed by atoms with Gasteiger partial charge in [0.2, 0.25) is 0 Å². The van der Waals surface area contributed by atoms with Crippen molar-refractivity contribution in [1.29, 1.82) is 0 Å². The number of rotatable bonds is 9. The number of nitrogens with one attached hydrogen (secondary N) is 1. The fourth-order valence-corrected chi connectivity index (χ4v) is 3.60. The minimum absolute atomic E-state index is 0.00685. The first-order valence-electron chi connectivity index (χ1n) is 11.0. The third kappa shape index (κ3) is 7.31. The molecule has 0 unspecified atom stereocenters. The van der Waals surface area contributed by atoms with E-state index in [2.05, 4.69) is 12.2 Å². The molecule has 6 nitrogen and oxygen atoms in total. The molecule has 1 heterocycles. The second kappa shape index (κ2) is 11.4. The number of nitrogens with zero attached hydrogens (tertiary/aromatic N) is 1. The van der Waals surface area contributed by atoms with Crippen molar-refractivity contribution < 1.29 is 19.1 Å². The number of likely N-dealkylation sites (tertiary alicyclic amines) is 1. The van der Waals surface area contributed by atoms with Crippen molar-refractivity contribution in [3.63, 3.8) is 0 Å². The van der Waals surface area contributed by atoms with Gasteiger partial charge in [0.15, 0.2) is 13.2 Å². The summed E-state index contributed by atoms with van der Waals surface area (Å²) in [7, 11) is 0. The van der Waals surface area contributed by atoms with Crippen LogP contribution in [0.15, 0.2) is 48.5 Å². The van der Waals surface area contributed by atoms with Crippen LogP contribution in [0.25, 0.3) is 0 Å². The zero-order valence-electron chi connectivity index (χ0n) is 18.4. The molecule has 1 saturated heterocycles. The molecular formula is C25H32N2O4. The summed E-state index contributed by atoms with van der Waals surface area (Å²) in [4.78, 5) is 26.4. The molecule has 0 aromatic heterocycles. The summed E-state index contributed by atoms with van der Waals surface area (Å²) in [6.45, 7) is 5.41. The maximum atomic E-state index is 12.4. The number of benzene rings is 2. The van der Waals surface area contributed by atoms with Gasteiger partial charge in [0.1, 0.15) is 11.5 Å². The minimum atomic E-state index is -0.139. The molecule has 0 aliphatic carbocycles. The third-order valence-corrected chi connectivity index (χ3v) is 5.43. The Morgan fingerprint density at radius 3 is 2.13 bits per heavy atom. The van der Waals surface area contributed by atoms with E-state index in [1.807, 2.05) is 55.5 Å². The number of hydrogen-bond donors (Lipinski definition) is 1. The quantitative estimate of drug-likeness (QED) is 0.669. The summed E-state index contributed by atoms with van der Waals surface area (Å²) in [5, 5.41) is 3.00. The van der Waals surface area contributed by atoms with Gasteiger partial charge < -0.3 is 19.7 Å². The Labute approximate surface area is 184 Å². The summed E-state index contributed by atoms with van der Waals surface area (Å²) in [6, 6.07) is 15.6. The third-order valence-electron chi connectivity index (χ3n) is 5.43. The number of amides is 2. The summed E-state index contributed by atoms with van der Waals surface area (Å²) < 4.78 is 11.2. The van der Waals surface area contributed by atoms with Crippen molar-refractivity contribution >= 4 is 11.8 Å². The van der Waals surface area contributed by atoms with Crippen molar-refractivity contribution in [2.75, 3.05) is 26.3 Å². The van der Waals surface area contributed by atoms with Gasteiger partial charge in [0.25, 0.3) is 11.8 Å². The van der Waals surface area contributed by atoms with Crippen LogP contribution in [0.3, 0.4) is 0 Å².